The van der Waals surface area contributed by atoms with Gasteiger partial charge in [-0.05, 0) is 55.0 Å². The fourth-order valence-electron chi connectivity index (χ4n) is 4.75. The van der Waals surface area contributed by atoms with Crippen molar-refractivity contribution in [2.45, 2.75) is 57.3 Å². The third-order valence-electron chi connectivity index (χ3n) is 6.46. The van der Waals surface area contributed by atoms with Crippen molar-refractivity contribution in [3.05, 3.63) is 58.9 Å². The predicted octanol–water partition coefficient (Wildman–Crippen LogP) is 4.32. The first kappa shape index (κ1) is 19.3. The van der Waals surface area contributed by atoms with Crippen molar-refractivity contribution < 1.29 is 14.0 Å². The summed E-state index contributed by atoms with van der Waals surface area (Å²) in [5, 5.41) is 5.18. The average Bonchev–Trinajstić information content (AvgIpc) is 3.44. The summed E-state index contributed by atoms with van der Waals surface area (Å²) in [7, 11) is 0. The van der Waals surface area contributed by atoms with Gasteiger partial charge in [-0.1, -0.05) is 25.0 Å². The third-order valence-corrected chi connectivity index (χ3v) is 7.31. The first-order valence-electron chi connectivity index (χ1n) is 10.4. The largest absolute Gasteiger partial charge is 0.351 e. The molecular weight excluding hydrogens is 401 g/mol. The van der Waals surface area contributed by atoms with Crippen molar-refractivity contribution >= 4 is 33.4 Å². The second-order valence-corrected chi connectivity index (χ2v) is 9.48. The zero-order valence-corrected chi connectivity index (χ0v) is 17.7. The lowest BCUT2D eigenvalue weighted by Crippen LogP contribution is -2.64. The quantitative estimate of drug-likeness (QED) is 0.677. The van der Waals surface area contributed by atoms with Crippen LogP contribution in [0.25, 0.3) is 10.2 Å². The van der Waals surface area contributed by atoms with Gasteiger partial charge in [0, 0.05) is 12.6 Å². The number of thiophene rings is 1. The SMILES string of the molecule is C[C@@]1(C(=O)NC2CCCC2)Cn2c(cc3sccc32)C(=O)N1Cc1cccc(F)c1. The summed E-state index contributed by atoms with van der Waals surface area (Å²) in [5.74, 6) is -0.683. The van der Waals surface area contributed by atoms with Crippen molar-refractivity contribution in [2.24, 2.45) is 0 Å². The van der Waals surface area contributed by atoms with Crippen LogP contribution in [0.3, 0.4) is 0 Å². The molecule has 1 saturated carbocycles. The number of benzene rings is 1. The van der Waals surface area contributed by atoms with Crippen LogP contribution in [0.5, 0.6) is 0 Å². The fourth-order valence-corrected chi connectivity index (χ4v) is 5.57. The number of rotatable bonds is 4. The highest BCUT2D eigenvalue weighted by molar-refractivity contribution is 7.17. The van der Waals surface area contributed by atoms with Gasteiger partial charge < -0.3 is 14.8 Å². The van der Waals surface area contributed by atoms with E-state index in [0.717, 1.165) is 35.9 Å². The highest BCUT2D eigenvalue weighted by Crippen LogP contribution is 2.35. The molecule has 2 aliphatic rings. The Hall–Kier alpha value is -2.67. The van der Waals surface area contributed by atoms with E-state index in [2.05, 4.69) is 5.32 Å². The number of amides is 2. The first-order chi connectivity index (χ1) is 14.5. The second kappa shape index (κ2) is 7.23. The summed E-state index contributed by atoms with van der Waals surface area (Å²) >= 11 is 1.58. The van der Waals surface area contributed by atoms with Crippen LogP contribution >= 0.6 is 11.3 Å². The van der Waals surface area contributed by atoms with Gasteiger partial charge in [0.2, 0.25) is 5.91 Å². The molecule has 7 heteroatoms. The maximum absolute atomic E-state index is 13.8. The first-order valence-corrected chi connectivity index (χ1v) is 11.3. The van der Waals surface area contributed by atoms with E-state index < -0.39 is 5.54 Å². The number of nitrogens with one attached hydrogen (secondary N) is 1. The van der Waals surface area contributed by atoms with Crippen molar-refractivity contribution in [1.82, 2.24) is 14.8 Å². The average molecular weight is 426 g/mol. The molecule has 2 amide bonds. The molecule has 0 spiro atoms. The molecule has 1 aromatic carbocycles. The van der Waals surface area contributed by atoms with Gasteiger partial charge in [-0.15, -0.1) is 11.3 Å². The van der Waals surface area contributed by atoms with E-state index in [1.165, 1.54) is 12.1 Å². The van der Waals surface area contributed by atoms with Gasteiger partial charge in [0.05, 0.1) is 16.8 Å². The minimum atomic E-state index is -1.06. The van der Waals surface area contributed by atoms with Crippen LogP contribution < -0.4 is 5.32 Å². The lowest BCUT2D eigenvalue weighted by atomic mass is 9.93. The lowest BCUT2D eigenvalue weighted by molar-refractivity contribution is -0.133. The molecule has 30 heavy (non-hydrogen) atoms. The van der Waals surface area contributed by atoms with Gasteiger partial charge in [-0.3, -0.25) is 9.59 Å². The molecular formula is C23H24FN3O2S. The normalized spacial score (nSPS) is 21.9. The molecule has 1 aliphatic heterocycles. The Morgan fingerprint density at radius 3 is 2.83 bits per heavy atom. The minimum Gasteiger partial charge on any atom is -0.351 e. The van der Waals surface area contributed by atoms with E-state index in [9.17, 15) is 14.0 Å². The molecule has 1 aliphatic carbocycles. The van der Waals surface area contributed by atoms with Crippen LogP contribution in [0.1, 0.15) is 48.7 Å². The zero-order chi connectivity index (χ0) is 20.9. The van der Waals surface area contributed by atoms with Gasteiger partial charge >= 0.3 is 0 Å². The maximum atomic E-state index is 13.8. The van der Waals surface area contributed by atoms with E-state index in [4.69, 9.17) is 0 Å². The number of nitrogens with zero attached hydrogens (tertiary/aromatic N) is 2. The zero-order valence-electron chi connectivity index (χ0n) is 16.9. The molecule has 1 fully saturated rings. The molecule has 3 aromatic rings. The van der Waals surface area contributed by atoms with Gasteiger partial charge in [0.1, 0.15) is 17.1 Å². The summed E-state index contributed by atoms with van der Waals surface area (Å²) in [5.41, 5.74) is 1.17. The number of hydrogen-bond acceptors (Lipinski definition) is 3. The lowest BCUT2D eigenvalue weighted by Gasteiger charge is -2.44. The van der Waals surface area contributed by atoms with E-state index >= 15 is 0 Å². The summed E-state index contributed by atoms with van der Waals surface area (Å²) in [6.45, 7) is 2.39. The third kappa shape index (κ3) is 3.12. The summed E-state index contributed by atoms with van der Waals surface area (Å²) in [6.07, 6.45) is 4.18. The molecule has 2 aromatic heterocycles. The van der Waals surface area contributed by atoms with Crippen LogP contribution in [-0.4, -0.2) is 32.9 Å². The molecule has 156 valence electrons. The van der Waals surface area contributed by atoms with E-state index in [0.29, 0.717) is 17.8 Å². The van der Waals surface area contributed by atoms with E-state index in [1.54, 1.807) is 28.4 Å². The number of carbonyl (C=O) groups is 2. The van der Waals surface area contributed by atoms with E-state index in [1.807, 2.05) is 29.0 Å². The maximum Gasteiger partial charge on any atom is 0.271 e. The Morgan fingerprint density at radius 1 is 1.27 bits per heavy atom. The van der Waals surface area contributed by atoms with Crippen molar-refractivity contribution in [3.8, 4) is 0 Å². The molecule has 0 radical (unpaired) electrons. The van der Waals surface area contributed by atoms with Gasteiger partial charge in [-0.25, -0.2) is 4.39 Å². The van der Waals surface area contributed by atoms with Crippen molar-refractivity contribution in [1.29, 1.82) is 0 Å². The Labute approximate surface area is 178 Å². The Kier molecular flexibility index (Phi) is 4.65. The smallest absolute Gasteiger partial charge is 0.271 e. The molecule has 3 heterocycles. The van der Waals surface area contributed by atoms with Gasteiger partial charge in [-0.2, -0.15) is 0 Å². The van der Waals surface area contributed by atoms with Crippen molar-refractivity contribution in [3.63, 3.8) is 0 Å². The molecule has 1 atom stereocenters. The van der Waals surface area contributed by atoms with Crippen molar-refractivity contribution in [2.75, 3.05) is 0 Å². The molecule has 1 N–H and O–H groups in total. The van der Waals surface area contributed by atoms with Crippen LogP contribution in [0.2, 0.25) is 0 Å². The number of halogens is 1. The molecule has 5 nitrogen and oxygen atoms in total. The second-order valence-electron chi connectivity index (χ2n) is 8.54. The fraction of sp³-hybridized carbons (Fsp3) is 0.391. The standard InChI is InChI=1S/C23H24FN3O2S/c1-23(22(29)25-17-7-2-3-8-17)14-26-18-9-10-30-20(18)12-19(26)21(28)27(23)13-15-5-4-6-16(24)11-15/h4-6,9-12,17H,2-3,7-8,13-14H2,1H3,(H,25,29)/t23-/m0/s1. The van der Waals surface area contributed by atoms with Crippen LogP contribution in [-0.2, 0) is 17.9 Å². The van der Waals surface area contributed by atoms with Gasteiger partial charge in [0.15, 0.2) is 0 Å². The van der Waals surface area contributed by atoms with Gasteiger partial charge in [0.25, 0.3) is 5.91 Å². The molecule has 0 saturated heterocycles. The summed E-state index contributed by atoms with van der Waals surface area (Å²) in [6, 6.07) is 10.3. The van der Waals surface area contributed by atoms with Crippen LogP contribution in [0.15, 0.2) is 41.8 Å². The number of fused-ring (bicyclic) bond motifs is 3. The minimum absolute atomic E-state index is 0.137. The topological polar surface area (TPSA) is 54.3 Å². The Bertz CT molecular complexity index is 1130. The Balaban J connectivity index is 1.55. The highest BCUT2D eigenvalue weighted by Gasteiger charge is 2.48. The number of carbonyl (C=O) groups excluding carboxylic acids is 2. The number of aromatic nitrogens is 1. The molecule has 0 unspecified atom stereocenters. The van der Waals surface area contributed by atoms with Crippen LogP contribution in [0.4, 0.5) is 4.39 Å². The monoisotopic (exact) mass is 425 g/mol. The molecule has 5 rings (SSSR count). The summed E-state index contributed by atoms with van der Waals surface area (Å²) in [4.78, 5) is 28.7. The number of hydrogen-bond donors (Lipinski definition) is 1. The van der Waals surface area contributed by atoms with E-state index in [-0.39, 0.29) is 30.2 Å². The van der Waals surface area contributed by atoms with Crippen LogP contribution in [0, 0.1) is 5.82 Å². The Morgan fingerprint density at radius 2 is 2.07 bits per heavy atom. The summed E-state index contributed by atoms with van der Waals surface area (Å²) < 4.78 is 16.8. The molecule has 0 bridgehead atoms. The highest BCUT2D eigenvalue weighted by atomic mass is 32.1. The predicted molar refractivity (Wildman–Crippen MR) is 115 cm³/mol.